The lowest BCUT2D eigenvalue weighted by Gasteiger charge is -2.08. The van der Waals surface area contributed by atoms with E-state index in [1.807, 2.05) is 45.9 Å². The quantitative estimate of drug-likeness (QED) is 0.766. The molecule has 2 aromatic carbocycles. The van der Waals surface area contributed by atoms with Crippen molar-refractivity contribution in [3.63, 3.8) is 0 Å². The van der Waals surface area contributed by atoms with Crippen molar-refractivity contribution >= 4 is 22.6 Å². The minimum Gasteiger partial charge on any atom is -0.451 e. The zero-order chi connectivity index (χ0) is 17.4. The summed E-state index contributed by atoms with van der Waals surface area (Å²) in [5.74, 6) is -0.426. The summed E-state index contributed by atoms with van der Waals surface area (Å²) in [4.78, 5) is 24.7. The van der Waals surface area contributed by atoms with Gasteiger partial charge in [0.15, 0.2) is 11.2 Å². The highest BCUT2D eigenvalue weighted by molar-refractivity contribution is 6.03. The van der Waals surface area contributed by atoms with Gasteiger partial charge in [-0.3, -0.25) is 9.59 Å². The van der Waals surface area contributed by atoms with Crippen LogP contribution in [0.2, 0.25) is 0 Å². The lowest BCUT2D eigenvalue weighted by atomic mass is 10.1. The van der Waals surface area contributed by atoms with Crippen LogP contribution in [0.5, 0.6) is 0 Å². The van der Waals surface area contributed by atoms with Crippen LogP contribution in [0, 0.1) is 27.7 Å². The molecule has 1 aromatic heterocycles. The van der Waals surface area contributed by atoms with E-state index < -0.39 is 5.91 Å². The van der Waals surface area contributed by atoms with Crippen LogP contribution >= 0.6 is 0 Å². The zero-order valence-electron chi connectivity index (χ0n) is 14.2. The van der Waals surface area contributed by atoms with E-state index in [0.29, 0.717) is 16.7 Å². The van der Waals surface area contributed by atoms with Crippen LogP contribution < -0.4 is 10.7 Å². The van der Waals surface area contributed by atoms with Crippen molar-refractivity contribution in [2.24, 2.45) is 0 Å². The molecule has 4 heteroatoms. The Morgan fingerprint density at radius 3 is 2.25 bits per heavy atom. The van der Waals surface area contributed by atoms with Crippen LogP contribution in [0.25, 0.3) is 11.0 Å². The van der Waals surface area contributed by atoms with E-state index in [4.69, 9.17) is 4.42 Å². The maximum absolute atomic E-state index is 12.4. The average Bonchev–Trinajstić information content (AvgIpc) is 2.52. The zero-order valence-corrected chi connectivity index (χ0v) is 14.2. The van der Waals surface area contributed by atoms with E-state index in [1.54, 1.807) is 12.1 Å². The van der Waals surface area contributed by atoms with Gasteiger partial charge in [-0.1, -0.05) is 6.07 Å². The highest BCUT2D eigenvalue weighted by Gasteiger charge is 2.13. The molecule has 0 atom stereocenters. The second-order valence-corrected chi connectivity index (χ2v) is 6.16. The number of aryl methyl sites for hydroxylation is 4. The molecule has 0 spiro atoms. The number of benzene rings is 2. The number of hydrogen-bond donors (Lipinski definition) is 1. The molecule has 1 heterocycles. The van der Waals surface area contributed by atoms with Gasteiger partial charge in [-0.2, -0.15) is 0 Å². The van der Waals surface area contributed by atoms with Crippen LogP contribution in [-0.4, -0.2) is 5.91 Å². The third-order valence-electron chi connectivity index (χ3n) is 4.33. The third kappa shape index (κ3) is 2.95. The van der Waals surface area contributed by atoms with E-state index in [-0.39, 0.29) is 11.2 Å². The monoisotopic (exact) mass is 321 g/mol. The Bertz CT molecular complexity index is 1020. The fraction of sp³-hybridized carbons (Fsp3) is 0.200. The van der Waals surface area contributed by atoms with Crippen molar-refractivity contribution in [1.82, 2.24) is 0 Å². The summed E-state index contributed by atoms with van der Waals surface area (Å²) in [6.45, 7) is 7.87. The Kier molecular flexibility index (Phi) is 3.97. The summed E-state index contributed by atoms with van der Waals surface area (Å²) in [5.41, 5.74) is 5.14. The van der Waals surface area contributed by atoms with Crippen LogP contribution in [0.4, 0.5) is 5.69 Å². The fourth-order valence-corrected chi connectivity index (χ4v) is 2.54. The predicted octanol–water partition coefficient (Wildman–Crippen LogP) is 4.28. The molecule has 122 valence electrons. The predicted molar refractivity (Wildman–Crippen MR) is 95.8 cm³/mol. The van der Waals surface area contributed by atoms with E-state index in [9.17, 15) is 9.59 Å². The van der Waals surface area contributed by atoms with Gasteiger partial charge < -0.3 is 9.73 Å². The Morgan fingerprint density at radius 2 is 1.54 bits per heavy atom. The van der Waals surface area contributed by atoms with Gasteiger partial charge in [-0.25, -0.2) is 0 Å². The molecule has 0 aliphatic rings. The number of hydrogen-bond acceptors (Lipinski definition) is 3. The first-order valence-electron chi connectivity index (χ1n) is 7.79. The van der Waals surface area contributed by atoms with Crippen LogP contribution in [0.3, 0.4) is 0 Å². The summed E-state index contributed by atoms with van der Waals surface area (Å²) in [7, 11) is 0. The van der Waals surface area contributed by atoms with E-state index in [1.165, 1.54) is 6.07 Å². The van der Waals surface area contributed by atoms with Gasteiger partial charge in [0.25, 0.3) is 5.91 Å². The maximum atomic E-state index is 12.4. The second-order valence-electron chi connectivity index (χ2n) is 6.16. The number of carbonyl (C=O) groups is 1. The molecular formula is C20H19NO3. The molecule has 1 amide bonds. The van der Waals surface area contributed by atoms with Crippen molar-refractivity contribution in [3.8, 4) is 0 Å². The number of carbonyl (C=O) groups excluding carboxylic acids is 1. The maximum Gasteiger partial charge on any atom is 0.291 e. The van der Waals surface area contributed by atoms with Gasteiger partial charge in [-0.05, 0) is 74.2 Å². The largest absolute Gasteiger partial charge is 0.451 e. The molecule has 0 aliphatic heterocycles. The minimum atomic E-state index is -0.435. The molecule has 0 fully saturated rings. The van der Waals surface area contributed by atoms with Gasteiger partial charge in [0.1, 0.15) is 5.58 Å². The molecule has 0 bridgehead atoms. The smallest absolute Gasteiger partial charge is 0.291 e. The minimum absolute atomic E-state index is 0.00832. The number of anilines is 1. The third-order valence-corrected chi connectivity index (χ3v) is 4.33. The van der Waals surface area contributed by atoms with Gasteiger partial charge in [0.2, 0.25) is 0 Å². The summed E-state index contributed by atoms with van der Waals surface area (Å²) >= 11 is 0. The standard InChI is InChI=1S/C20H19NO3/c1-11-5-6-15(7-12(11)2)21-20(23)19-10-17(22)16-8-13(3)14(4)9-18(16)24-19/h5-10H,1-4H3,(H,21,23). The van der Waals surface area contributed by atoms with Crippen molar-refractivity contribution in [3.05, 3.63) is 74.6 Å². The van der Waals surface area contributed by atoms with Gasteiger partial charge >= 0.3 is 0 Å². The molecule has 0 saturated carbocycles. The topological polar surface area (TPSA) is 59.3 Å². The lowest BCUT2D eigenvalue weighted by molar-refractivity contribution is 0.0997. The molecule has 1 N–H and O–H groups in total. The lowest BCUT2D eigenvalue weighted by Crippen LogP contribution is -2.15. The summed E-state index contributed by atoms with van der Waals surface area (Å²) in [6, 6.07) is 10.5. The fourth-order valence-electron chi connectivity index (χ4n) is 2.54. The summed E-state index contributed by atoms with van der Waals surface area (Å²) < 4.78 is 5.65. The first-order chi connectivity index (χ1) is 11.3. The molecule has 24 heavy (non-hydrogen) atoms. The molecule has 0 aliphatic carbocycles. The first kappa shape index (κ1) is 16.0. The average molecular weight is 321 g/mol. The normalized spacial score (nSPS) is 10.8. The van der Waals surface area contributed by atoms with Crippen molar-refractivity contribution in [1.29, 1.82) is 0 Å². The SMILES string of the molecule is Cc1ccc(NC(=O)c2cc(=O)c3cc(C)c(C)cc3o2)cc1C. The number of nitrogens with one attached hydrogen (secondary N) is 1. The first-order valence-corrected chi connectivity index (χ1v) is 7.79. The molecule has 0 saturated heterocycles. The van der Waals surface area contributed by atoms with E-state index in [0.717, 1.165) is 22.3 Å². The van der Waals surface area contributed by atoms with Crippen LogP contribution in [0.1, 0.15) is 32.8 Å². The Balaban J connectivity index is 1.99. The molecule has 4 nitrogen and oxygen atoms in total. The van der Waals surface area contributed by atoms with E-state index in [2.05, 4.69) is 5.32 Å². The molecular weight excluding hydrogens is 302 g/mol. The molecule has 0 unspecified atom stereocenters. The number of rotatable bonds is 2. The van der Waals surface area contributed by atoms with Crippen molar-refractivity contribution in [2.45, 2.75) is 27.7 Å². The van der Waals surface area contributed by atoms with Gasteiger partial charge in [0.05, 0.1) is 5.39 Å². The molecule has 3 aromatic rings. The second kappa shape index (κ2) is 5.96. The highest BCUT2D eigenvalue weighted by atomic mass is 16.3. The van der Waals surface area contributed by atoms with Gasteiger partial charge in [-0.15, -0.1) is 0 Å². The highest BCUT2D eigenvalue weighted by Crippen LogP contribution is 2.19. The number of fused-ring (bicyclic) bond motifs is 1. The van der Waals surface area contributed by atoms with Crippen molar-refractivity contribution in [2.75, 3.05) is 5.32 Å². The summed E-state index contributed by atoms with van der Waals surface area (Å²) in [5, 5.41) is 3.26. The molecule has 0 radical (unpaired) electrons. The van der Waals surface area contributed by atoms with Crippen molar-refractivity contribution < 1.29 is 9.21 Å². The Labute approximate surface area is 140 Å². The van der Waals surface area contributed by atoms with E-state index >= 15 is 0 Å². The van der Waals surface area contributed by atoms with Crippen LogP contribution in [0.15, 0.2) is 45.6 Å². The summed E-state index contributed by atoms with van der Waals surface area (Å²) in [6.07, 6.45) is 0. The Hall–Kier alpha value is -2.88. The number of amides is 1. The molecule has 3 rings (SSSR count). The van der Waals surface area contributed by atoms with Crippen LogP contribution in [-0.2, 0) is 0 Å². The van der Waals surface area contributed by atoms with Gasteiger partial charge in [0, 0.05) is 11.8 Å². The Morgan fingerprint density at radius 1 is 0.875 bits per heavy atom.